The molecule has 0 saturated carbocycles. The van der Waals surface area contributed by atoms with Gasteiger partial charge in [-0.2, -0.15) is 0 Å². The molecule has 3 heteroatoms. The third-order valence-electron chi connectivity index (χ3n) is 2.41. The van der Waals surface area contributed by atoms with E-state index in [9.17, 15) is 4.39 Å². The third-order valence-corrected chi connectivity index (χ3v) is 2.41. The molecule has 0 spiro atoms. The lowest BCUT2D eigenvalue weighted by Gasteiger charge is -2.06. The van der Waals surface area contributed by atoms with Crippen molar-refractivity contribution in [1.29, 1.82) is 0 Å². The van der Waals surface area contributed by atoms with Crippen LogP contribution in [-0.4, -0.2) is 12.0 Å². The quantitative estimate of drug-likeness (QED) is 0.853. The molecular weight excluding hydrogens is 203 g/mol. The SMILES string of the molecule is CNCc1cc(-c2cccnc2)ccc1F. The average Bonchev–Trinajstić information content (AvgIpc) is 2.33. The fraction of sp³-hybridized carbons (Fsp3) is 0.154. The molecule has 82 valence electrons. The molecule has 0 aliphatic carbocycles. The summed E-state index contributed by atoms with van der Waals surface area (Å²) in [6, 6.07) is 8.95. The summed E-state index contributed by atoms with van der Waals surface area (Å²) in [4.78, 5) is 4.05. The Morgan fingerprint density at radius 2 is 2.12 bits per heavy atom. The van der Waals surface area contributed by atoms with Crippen molar-refractivity contribution < 1.29 is 4.39 Å². The van der Waals surface area contributed by atoms with Gasteiger partial charge in [0.05, 0.1) is 0 Å². The van der Waals surface area contributed by atoms with Crippen LogP contribution in [0.4, 0.5) is 4.39 Å². The Morgan fingerprint density at radius 3 is 2.81 bits per heavy atom. The second-order valence-electron chi connectivity index (χ2n) is 3.58. The molecule has 0 saturated heterocycles. The third kappa shape index (κ3) is 2.25. The maximum Gasteiger partial charge on any atom is 0.127 e. The second kappa shape index (κ2) is 4.86. The fourth-order valence-corrected chi connectivity index (χ4v) is 1.61. The van der Waals surface area contributed by atoms with Crippen molar-refractivity contribution in [1.82, 2.24) is 10.3 Å². The van der Waals surface area contributed by atoms with E-state index in [0.29, 0.717) is 12.1 Å². The van der Waals surface area contributed by atoms with Gasteiger partial charge in [-0.3, -0.25) is 4.98 Å². The monoisotopic (exact) mass is 216 g/mol. The van der Waals surface area contributed by atoms with Crippen molar-refractivity contribution in [3.63, 3.8) is 0 Å². The molecule has 0 aliphatic rings. The molecule has 0 radical (unpaired) electrons. The number of benzene rings is 1. The molecule has 16 heavy (non-hydrogen) atoms. The molecule has 2 rings (SSSR count). The lowest BCUT2D eigenvalue weighted by atomic mass is 10.0. The van der Waals surface area contributed by atoms with E-state index in [1.165, 1.54) is 6.07 Å². The fourth-order valence-electron chi connectivity index (χ4n) is 1.61. The number of rotatable bonds is 3. The molecule has 1 heterocycles. The van der Waals surface area contributed by atoms with Gasteiger partial charge in [0.25, 0.3) is 0 Å². The first-order chi connectivity index (χ1) is 7.81. The van der Waals surface area contributed by atoms with Crippen molar-refractivity contribution in [2.45, 2.75) is 6.54 Å². The van der Waals surface area contributed by atoms with E-state index in [-0.39, 0.29) is 5.82 Å². The van der Waals surface area contributed by atoms with Gasteiger partial charge in [-0.1, -0.05) is 12.1 Å². The number of aromatic nitrogens is 1. The minimum atomic E-state index is -0.179. The van der Waals surface area contributed by atoms with E-state index < -0.39 is 0 Å². The van der Waals surface area contributed by atoms with Gasteiger partial charge in [0.2, 0.25) is 0 Å². The van der Waals surface area contributed by atoms with Gasteiger partial charge in [-0.15, -0.1) is 0 Å². The molecule has 0 fully saturated rings. The minimum Gasteiger partial charge on any atom is -0.316 e. The standard InChI is InChI=1S/C13H13FN2/c1-15-8-12-7-10(4-5-13(12)14)11-3-2-6-16-9-11/h2-7,9,15H,8H2,1H3. The van der Waals surface area contributed by atoms with Crippen molar-refractivity contribution >= 4 is 0 Å². The van der Waals surface area contributed by atoms with E-state index >= 15 is 0 Å². The van der Waals surface area contributed by atoms with Crippen molar-refractivity contribution in [3.05, 3.63) is 54.1 Å². The molecule has 0 aliphatic heterocycles. The predicted molar refractivity (Wildman–Crippen MR) is 62.4 cm³/mol. The number of hydrogen-bond donors (Lipinski definition) is 1. The first kappa shape index (κ1) is 10.8. The second-order valence-corrected chi connectivity index (χ2v) is 3.58. The van der Waals surface area contributed by atoms with Crippen molar-refractivity contribution in [2.75, 3.05) is 7.05 Å². The average molecular weight is 216 g/mol. The van der Waals surface area contributed by atoms with Crippen LogP contribution in [0.25, 0.3) is 11.1 Å². The molecule has 0 atom stereocenters. The van der Waals surface area contributed by atoms with Gasteiger partial charge in [-0.05, 0) is 30.8 Å². The van der Waals surface area contributed by atoms with Gasteiger partial charge in [0.1, 0.15) is 5.82 Å². The smallest absolute Gasteiger partial charge is 0.127 e. The summed E-state index contributed by atoms with van der Waals surface area (Å²) < 4.78 is 13.4. The number of hydrogen-bond acceptors (Lipinski definition) is 2. The highest BCUT2D eigenvalue weighted by Crippen LogP contribution is 2.21. The largest absolute Gasteiger partial charge is 0.316 e. The van der Waals surface area contributed by atoms with E-state index in [0.717, 1.165) is 11.1 Å². The molecule has 1 aromatic heterocycles. The molecule has 0 bridgehead atoms. The van der Waals surface area contributed by atoms with Crippen LogP contribution in [0.3, 0.4) is 0 Å². The first-order valence-electron chi connectivity index (χ1n) is 5.14. The van der Waals surface area contributed by atoms with Crippen LogP contribution >= 0.6 is 0 Å². The maximum absolute atomic E-state index is 13.4. The van der Waals surface area contributed by atoms with Crippen LogP contribution in [0.5, 0.6) is 0 Å². The number of pyridine rings is 1. The summed E-state index contributed by atoms with van der Waals surface area (Å²) in [5.41, 5.74) is 2.66. The summed E-state index contributed by atoms with van der Waals surface area (Å²) >= 11 is 0. The van der Waals surface area contributed by atoms with Crippen LogP contribution < -0.4 is 5.32 Å². The van der Waals surface area contributed by atoms with Gasteiger partial charge in [0, 0.05) is 30.1 Å². The molecule has 0 unspecified atom stereocenters. The van der Waals surface area contributed by atoms with E-state index in [2.05, 4.69) is 10.3 Å². The van der Waals surface area contributed by atoms with Gasteiger partial charge in [-0.25, -0.2) is 4.39 Å². The Morgan fingerprint density at radius 1 is 1.25 bits per heavy atom. The Labute approximate surface area is 94.2 Å². The zero-order chi connectivity index (χ0) is 11.4. The summed E-state index contributed by atoms with van der Waals surface area (Å²) in [5.74, 6) is -0.179. The Hall–Kier alpha value is -1.74. The van der Waals surface area contributed by atoms with Gasteiger partial charge in [0.15, 0.2) is 0 Å². The number of halogens is 1. The van der Waals surface area contributed by atoms with E-state index in [4.69, 9.17) is 0 Å². The van der Waals surface area contributed by atoms with Gasteiger partial charge < -0.3 is 5.32 Å². The zero-order valence-electron chi connectivity index (χ0n) is 9.07. The molecule has 2 nitrogen and oxygen atoms in total. The van der Waals surface area contributed by atoms with Crippen LogP contribution in [0, 0.1) is 5.82 Å². The Bertz CT molecular complexity index is 469. The molecule has 1 N–H and O–H groups in total. The summed E-state index contributed by atoms with van der Waals surface area (Å²) in [5, 5.41) is 2.95. The predicted octanol–water partition coefficient (Wildman–Crippen LogP) is 2.61. The van der Waals surface area contributed by atoms with Crippen LogP contribution in [0.15, 0.2) is 42.7 Å². The minimum absolute atomic E-state index is 0.179. The normalized spacial score (nSPS) is 10.4. The Balaban J connectivity index is 2.40. The van der Waals surface area contributed by atoms with Crippen LogP contribution in [0.1, 0.15) is 5.56 Å². The Kier molecular flexibility index (Phi) is 3.27. The maximum atomic E-state index is 13.4. The highest BCUT2D eigenvalue weighted by molar-refractivity contribution is 5.63. The highest BCUT2D eigenvalue weighted by atomic mass is 19.1. The first-order valence-corrected chi connectivity index (χ1v) is 5.14. The van der Waals surface area contributed by atoms with Crippen LogP contribution in [-0.2, 0) is 6.54 Å². The lowest BCUT2D eigenvalue weighted by Crippen LogP contribution is -2.07. The summed E-state index contributed by atoms with van der Waals surface area (Å²) in [6.45, 7) is 0.528. The van der Waals surface area contributed by atoms with E-state index in [1.807, 2.05) is 18.2 Å². The summed E-state index contributed by atoms with van der Waals surface area (Å²) in [7, 11) is 1.80. The highest BCUT2D eigenvalue weighted by Gasteiger charge is 2.04. The van der Waals surface area contributed by atoms with Crippen molar-refractivity contribution in [3.8, 4) is 11.1 Å². The number of nitrogens with one attached hydrogen (secondary N) is 1. The molecule has 2 aromatic rings. The lowest BCUT2D eigenvalue weighted by molar-refractivity contribution is 0.601. The van der Waals surface area contributed by atoms with E-state index in [1.54, 1.807) is 25.5 Å². The van der Waals surface area contributed by atoms with Crippen molar-refractivity contribution in [2.24, 2.45) is 0 Å². The molecule has 0 amide bonds. The summed E-state index contributed by atoms with van der Waals surface area (Å²) in [6.07, 6.45) is 3.50. The van der Waals surface area contributed by atoms with Gasteiger partial charge >= 0.3 is 0 Å². The van der Waals surface area contributed by atoms with Crippen LogP contribution in [0.2, 0.25) is 0 Å². The molecule has 1 aromatic carbocycles. The number of nitrogens with zero attached hydrogens (tertiary/aromatic N) is 1. The molecular formula is C13H13FN2. The topological polar surface area (TPSA) is 24.9 Å². The zero-order valence-corrected chi connectivity index (χ0v) is 9.07.